The Morgan fingerprint density at radius 3 is 2.81 bits per heavy atom. The fraction of sp³-hybridized carbons (Fsp3) is 0.455. The Balaban J connectivity index is 2.87. The van der Waals surface area contributed by atoms with Gasteiger partial charge in [0.15, 0.2) is 0 Å². The molecule has 0 bridgehead atoms. The van der Waals surface area contributed by atoms with E-state index >= 15 is 0 Å². The van der Waals surface area contributed by atoms with Crippen molar-refractivity contribution in [2.24, 2.45) is 0 Å². The lowest BCUT2D eigenvalue weighted by molar-refractivity contribution is 0.0751. The van der Waals surface area contributed by atoms with Gasteiger partial charge in [-0.2, -0.15) is 5.26 Å². The maximum Gasteiger partial charge on any atom is 0.265 e. The molecule has 1 heterocycles. The molecule has 1 aromatic rings. The van der Waals surface area contributed by atoms with Crippen molar-refractivity contribution in [1.82, 2.24) is 4.90 Å². The highest BCUT2D eigenvalue weighted by Crippen LogP contribution is 2.28. The third kappa shape index (κ3) is 2.55. The molecular weight excluding hydrogens is 244 g/mol. The van der Waals surface area contributed by atoms with Gasteiger partial charge in [-0.25, -0.2) is 0 Å². The molecule has 1 amide bonds. The maximum absolute atomic E-state index is 12.0. The van der Waals surface area contributed by atoms with Gasteiger partial charge >= 0.3 is 0 Å². The summed E-state index contributed by atoms with van der Waals surface area (Å²) in [5, 5.41) is 11.0. The van der Waals surface area contributed by atoms with Gasteiger partial charge in [0.25, 0.3) is 5.91 Å². The molecule has 5 heteroatoms. The fourth-order valence-corrected chi connectivity index (χ4v) is 2.46. The van der Waals surface area contributed by atoms with Crippen LogP contribution >= 0.6 is 22.9 Å². The third-order valence-electron chi connectivity index (χ3n) is 2.46. The minimum Gasteiger partial charge on any atom is -0.337 e. The molecule has 0 fully saturated rings. The number of halogens is 1. The van der Waals surface area contributed by atoms with Crippen LogP contribution in [-0.4, -0.2) is 23.9 Å². The molecule has 1 rings (SSSR count). The summed E-state index contributed by atoms with van der Waals surface area (Å²) < 4.78 is 0. The predicted octanol–water partition coefficient (Wildman–Crippen LogP) is 3.08. The summed E-state index contributed by atoms with van der Waals surface area (Å²) >= 11 is 7.37. The quantitative estimate of drug-likeness (QED) is 0.834. The first kappa shape index (κ1) is 13.0. The van der Waals surface area contributed by atoms with Crippen molar-refractivity contribution in [3.8, 4) is 6.07 Å². The second-order valence-corrected chi connectivity index (χ2v) is 4.95. The van der Waals surface area contributed by atoms with Crippen LogP contribution in [0.15, 0.2) is 5.38 Å². The number of thiophene rings is 1. The molecule has 0 saturated carbocycles. The van der Waals surface area contributed by atoms with Crippen LogP contribution in [0.5, 0.6) is 0 Å². The van der Waals surface area contributed by atoms with E-state index < -0.39 is 0 Å². The van der Waals surface area contributed by atoms with Crippen LogP contribution in [0.2, 0.25) is 5.02 Å². The SMILES string of the molecule is Cc1csc(C(=O)N(C)C(C)CC#N)c1Cl. The number of carbonyl (C=O) groups excluding carboxylic acids is 1. The van der Waals surface area contributed by atoms with Crippen LogP contribution in [0.1, 0.15) is 28.6 Å². The van der Waals surface area contributed by atoms with E-state index in [-0.39, 0.29) is 11.9 Å². The Morgan fingerprint density at radius 1 is 1.75 bits per heavy atom. The number of hydrogen-bond donors (Lipinski definition) is 0. The van der Waals surface area contributed by atoms with Gasteiger partial charge in [0.2, 0.25) is 0 Å². The highest BCUT2D eigenvalue weighted by atomic mass is 35.5. The van der Waals surface area contributed by atoms with E-state index in [1.165, 1.54) is 11.3 Å². The molecule has 0 spiro atoms. The normalized spacial score (nSPS) is 11.9. The highest BCUT2D eigenvalue weighted by Gasteiger charge is 2.21. The lowest BCUT2D eigenvalue weighted by Crippen LogP contribution is -2.34. The van der Waals surface area contributed by atoms with E-state index in [0.717, 1.165) is 5.56 Å². The Kier molecular flexibility index (Phi) is 4.34. The Morgan fingerprint density at radius 2 is 2.38 bits per heavy atom. The van der Waals surface area contributed by atoms with Crippen molar-refractivity contribution >= 4 is 28.8 Å². The van der Waals surface area contributed by atoms with Gasteiger partial charge < -0.3 is 4.90 Å². The number of amides is 1. The molecule has 0 saturated heterocycles. The van der Waals surface area contributed by atoms with E-state index in [1.54, 1.807) is 11.9 Å². The van der Waals surface area contributed by atoms with Crippen molar-refractivity contribution in [2.75, 3.05) is 7.05 Å². The molecule has 1 atom stereocenters. The molecule has 1 aromatic heterocycles. The van der Waals surface area contributed by atoms with E-state index in [0.29, 0.717) is 16.3 Å². The van der Waals surface area contributed by atoms with Crippen LogP contribution in [0.4, 0.5) is 0 Å². The average Bonchev–Trinajstić information content (AvgIpc) is 2.58. The number of aryl methyl sites for hydroxylation is 1. The smallest absolute Gasteiger partial charge is 0.265 e. The van der Waals surface area contributed by atoms with Crippen molar-refractivity contribution in [3.63, 3.8) is 0 Å². The zero-order valence-corrected chi connectivity index (χ0v) is 11.0. The molecule has 0 N–H and O–H groups in total. The van der Waals surface area contributed by atoms with Gasteiger partial charge in [-0.15, -0.1) is 11.3 Å². The largest absolute Gasteiger partial charge is 0.337 e. The number of rotatable bonds is 3. The summed E-state index contributed by atoms with van der Waals surface area (Å²) in [6.07, 6.45) is 0.324. The summed E-state index contributed by atoms with van der Waals surface area (Å²) in [4.78, 5) is 14.1. The summed E-state index contributed by atoms with van der Waals surface area (Å²) in [7, 11) is 1.69. The van der Waals surface area contributed by atoms with Crippen LogP contribution in [-0.2, 0) is 0 Å². The van der Waals surface area contributed by atoms with Crippen molar-refractivity contribution < 1.29 is 4.79 Å². The standard InChI is InChI=1S/C11H13ClN2OS/c1-7-6-16-10(9(7)12)11(15)14(3)8(2)4-5-13/h6,8H,4H2,1-3H3. The number of carbonyl (C=O) groups is 1. The van der Waals surface area contributed by atoms with Gasteiger partial charge in [0.05, 0.1) is 17.5 Å². The van der Waals surface area contributed by atoms with Crippen molar-refractivity contribution in [3.05, 3.63) is 20.8 Å². The molecule has 0 aliphatic heterocycles. The number of nitriles is 1. The van der Waals surface area contributed by atoms with E-state index in [2.05, 4.69) is 6.07 Å². The monoisotopic (exact) mass is 256 g/mol. The molecule has 0 aliphatic rings. The van der Waals surface area contributed by atoms with Crippen LogP contribution in [0.3, 0.4) is 0 Å². The van der Waals surface area contributed by atoms with Crippen molar-refractivity contribution in [2.45, 2.75) is 26.3 Å². The minimum absolute atomic E-state index is 0.101. The molecular formula is C11H13ClN2OS. The first-order valence-corrected chi connectivity index (χ1v) is 6.12. The minimum atomic E-state index is -0.120. The van der Waals surface area contributed by atoms with Crippen molar-refractivity contribution in [1.29, 1.82) is 5.26 Å². The molecule has 0 radical (unpaired) electrons. The first-order chi connectivity index (χ1) is 7.49. The van der Waals surface area contributed by atoms with E-state index in [1.807, 2.05) is 19.2 Å². The molecule has 86 valence electrons. The molecule has 0 aliphatic carbocycles. The Bertz CT molecular complexity index is 436. The summed E-state index contributed by atoms with van der Waals surface area (Å²) in [6, 6.07) is 1.95. The summed E-state index contributed by atoms with van der Waals surface area (Å²) in [6.45, 7) is 3.71. The second-order valence-electron chi connectivity index (χ2n) is 3.69. The van der Waals surface area contributed by atoms with Gasteiger partial charge in [0, 0.05) is 13.1 Å². The molecule has 1 unspecified atom stereocenters. The van der Waals surface area contributed by atoms with Crippen LogP contribution in [0, 0.1) is 18.3 Å². The zero-order chi connectivity index (χ0) is 12.3. The average molecular weight is 257 g/mol. The van der Waals surface area contributed by atoms with Gasteiger partial charge in [-0.1, -0.05) is 11.6 Å². The predicted molar refractivity (Wildman–Crippen MR) is 65.9 cm³/mol. The Hall–Kier alpha value is -1.05. The number of nitrogens with zero attached hydrogens (tertiary/aromatic N) is 2. The van der Waals surface area contributed by atoms with Crippen LogP contribution < -0.4 is 0 Å². The second kappa shape index (κ2) is 5.33. The fourth-order valence-electron chi connectivity index (χ4n) is 1.20. The summed E-state index contributed by atoms with van der Waals surface area (Å²) in [5.74, 6) is -0.120. The lowest BCUT2D eigenvalue weighted by Gasteiger charge is -2.22. The van der Waals surface area contributed by atoms with Gasteiger partial charge in [-0.3, -0.25) is 4.79 Å². The van der Waals surface area contributed by atoms with Crippen LogP contribution in [0.25, 0.3) is 0 Å². The van der Waals surface area contributed by atoms with E-state index in [4.69, 9.17) is 16.9 Å². The maximum atomic E-state index is 12.0. The van der Waals surface area contributed by atoms with Gasteiger partial charge in [-0.05, 0) is 24.8 Å². The van der Waals surface area contributed by atoms with E-state index in [9.17, 15) is 4.79 Å². The Labute approximate surface area is 104 Å². The topological polar surface area (TPSA) is 44.1 Å². The highest BCUT2D eigenvalue weighted by molar-refractivity contribution is 7.13. The lowest BCUT2D eigenvalue weighted by atomic mass is 10.2. The number of hydrogen-bond acceptors (Lipinski definition) is 3. The summed E-state index contributed by atoms with van der Waals surface area (Å²) in [5.41, 5.74) is 0.913. The first-order valence-electron chi connectivity index (χ1n) is 4.86. The molecule has 0 aromatic carbocycles. The third-order valence-corrected chi connectivity index (χ3v) is 4.15. The van der Waals surface area contributed by atoms with Gasteiger partial charge in [0.1, 0.15) is 4.88 Å². The molecule has 3 nitrogen and oxygen atoms in total. The molecule has 16 heavy (non-hydrogen) atoms. The zero-order valence-electron chi connectivity index (χ0n) is 9.45.